The fourth-order valence-corrected chi connectivity index (χ4v) is 3.85. The van der Waals surface area contributed by atoms with Gasteiger partial charge in [0.05, 0.1) is 4.90 Å². The van der Waals surface area contributed by atoms with E-state index in [4.69, 9.17) is 0 Å². The van der Waals surface area contributed by atoms with Crippen LogP contribution in [0.25, 0.3) is 0 Å². The maximum absolute atomic E-state index is 13.8. The number of carbonyl (C=O) groups is 1. The molecule has 0 bridgehead atoms. The largest absolute Gasteiger partial charge is 0.337 e. The fourth-order valence-electron chi connectivity index (χ4n) is 2.43. The van der Waals surface area contributed by atoms with Gasteiger partial charge in [-0.15, -0.1) is 0 Å². The van der Waals surface area contributed by atoms with Gasteiger partial charge in [-0.1, -0.05) is 12.1 Å². The Labute approximate surface area is 158 Å². The molecular formula is C19H22F2N2O3S. The van der Waals surface area contributed by atoms with Crippen LogP contribution in [0.5, 0.6) is 0 Å². The number of halogens is 2. The summed E-state index contributed by atoms with van der Waals surface area (Å²) in [4.78, 5) is 13.9. The second-order valence-electron chi connectivity index (χ2n) is 6.54. The molecule has 0 aliphatic carbocycles. The van der Waals surface area contributed by atoms with E-state index < -0.39 is 27.6 Å². The van der Waals surface area contributed by atoms with Gasteiger partial charge in [0.1, 0.15) is 11.6 Å². The maximum atomic E-state index is 13.8. The number of nitrogens with zero attached hydrogens (tertiary/aromatic N) is 2. The number of sulfonamides is 1. The zero-order valence-electron chi connectivity index (χ0n) is 15.6. The monoisotopic (exact) mass is 396 g/mol. The maximum Gasteiger partial charge on any atom is 0.253 e. The summed E-state index contributed by atoms with van der Waals surface area (Å²) in [7, 11) is -0.794. The van der Waals surface area contributed by atoms with Gasteiger partial charge in [0.2, 0.25) is 10.0 Å². The molecule has 0 saturated heterocycles. The predicted molar refractivity (Wildman–Crippen MR) is 98.7 cm³/mol. The Morgan fingerprint density at radius 1 is 1.07 bits per heavy atom. The molecule has 0 radical (unpaired) electrons. The van der Waals surface area contributed by atoms with Crippen LogP contribution in [0, 0.1) is 11.6 Å². The average Bonchev–Trinajstić information content (AvgIpc) is 2.62. The first-order valence-corrected chi connectivity index (χ1v) is 9.75. The molecule has 0 heterocycles. The van der Waals surface area contributed by atoms with Crippen molar-refractivity contribution in [2.24, 2.45) is 0 Å². The highest BCUT2D eigenvalue weighted by molar-refractivity contribution is 7.89. The van der Waals surface area contributed by atoms with Crippen LogP contribution in [-0.2, 0) is 16.6 Å². The number of hydrogen-bond acceptors (Lipinski definition) is 3. The molecule has 0 spiro atoms. The first kappa shape index (κ1) is 21.0. The molecule has 0 fully saturated rings. The zero-order chi connectivity index (χ0) is 20.4. The van der Waals surface area contributed by atoms with Crippen LogP contribution in [0.4, 0.5) is 8.78 Å². The second kappa shape index (κ2) is 8.14. The molecule has 2 aromatic rings. The molecule has 0 saturated carbocycles. The number of rotatable bonds is 6. The third-order valence-corrected chi connectivity index (χ3v) is 6.28. The summed E-state index contributed by atoms with van der Waals surface area (Å²) in [6.45, 7) is 3.42. The Morgan fingerprint density at radius 3 is 2.33 bits per heavy atom. The third-order valence-electron chi connectivity index (χ3n) is 4.25. The van der Waals surface area contributed by atoms with Crippen molar-refractivity contribution in [1.29, 1.82) is 0 Å². The van der Waals surface area contributed by atoms with Gasteiger partial charge in [0, 0.05) is 43.9 Å². The van der Waals surface area contributed by atoms with Crippen molar-refractivity contribution in [1.82, 2.24) is 9.21 Å². The number of benzene rings is 2. The summed E-state index contributed by atoms with van der Waals surface area (Å²) in [6, 6.07) is 8.60. The molecule has 0 unspecified atom stereocenters. The van der Waals surface area contributed by atoms with Gasteiger partial charge in [0.25, 0.3) is 5.91 Å². The molecule has 8 heteroatoms. The molecule has 2 rings (SSSR count). The molecule has 0 aromatic heterocycles. The number of hydrogen-bond donors (Lipinski definition) is 0. The zero-order valence-corrected chi connectivity index (χ0v) is 16.4. The van der Waals surface area contributed by atoms with Crippen LogP contribution >= 0.6 is 0 Å². The van der Waals surface area contributed by atoms with Crippen molar-refractivity contribution < 1.29 is 22.0 Å². The number of amides is 1. The summed E-state index contributed by atoms with van der Waals surface area (Å²) in [5.74, 6) is -1.91. The van der Waals surface area contributed by atoms with Crippen molar-refractivity contribution in [3.63, 3.8) is 0 Å². The van der Waals surface area contributed by atoms with Crippen LogP contribution in [0.3, 0.4) is 0 Å². The van der Waals surface area contributed by atoms with E-state index in [9.17, 15) is 22.0 Å². The molecule has 0 atom stereocenters. The molecule has 5 nitrogen and oxygen atoms in total. The van der Waals surface area contributed by atoms with Gasteiger partial charge in [-0.2, -0.15) is 4.31 Å². The van der Waals surface area contributed by atoms with Gasteiger partial charge < -0.3 is 4.90 Å². The van der Waals surface area contributed by atoms with Crippen LogP contribution < -0.4 is 0 Å². The van der Waals surface area contributed by atoms with Gasteiger partial charge >= 0.3 is 0 Å². The lowest BCUT2D eigenvalue weighted by atomic mass is 10.1. The Kier molecular flexibility index (Phi) is 6.33. The molecule has 0 aliphatic rings. The lowest BCUT2D eigenvalue weighted by molar-refractivity contribution is 0.0783. The van der Waals surface area contributed by atoms with E-state index in [0.717, 1.165) is 12.1 Å². The van der Waals surface area contributed by atoms with Gasteiger partial charge in [-0.3, -0.25) is 4.79 Å². The minimum Gasteiger partial charge on any atom is -0.337 e. The van der Waals surface area contributed by atoms with Crippen molar-refractivity contribution in [2.45, 2.75) is 31.3 Å². The van der Waals surface area contributed by atoms with Crippen LogP contribution in [0.2, 0.25) is 0 Å². The molecule has 146 valence electrons. The highest BCUT2D eigenvalue weighted by atomic mass is 32.2. The highest BCUT2D eigenvalue weighted by Gasteiger charge is 2.24. The smallest absolute Gasteiger partial charge is 0.253 e. The molecule has 27 heavy (non-hydrogen) atoms. The van der Waals surface area contributed by atoms with Crippen molar-refractivity contribution in [2.75, 3.05) is 14.1 Å². The predicted octanol–water partition coefficient (Wildman–Crippen LogP) is 3.27. The van der Waals surface area contributed by atoms with Gasteiger partial charge in [-0.05, 0) is 38.1 Å². The third kappa shape index (κ3) is 4.70. The van der Waals surface area contributed by atoms with Crippen LogP contribution in [-0.4, -0.2) is 43.7 Å². The normalized spacial score (nSPS) is 11.9. The first-order chi connectivity index (χ1) is 12.5. The minimum absolute atomic E-state index is 0.00547. The summed E-state index contributed by atoms with van der Waals surface area (Å²) in [5.41, 5.74) is 0.328. The van der Waals surface area contributed by atoms with Crippen LogP contribution in [0.15, 0.2) is 47.4 Å². The summed E-state index contributed by atoms with van der Waals surface area (Å²) in [6.07, 6.45) is 0. The van der Waals surface area contributed by atoms with E-state index in [-0.39, 0.29) is 28.6 Å². The van der Waals surface area contributed by atoms with E-state index in [1.54, 1.807) is 13.8 Å². The fraction of sp³-hybridized carbons (Fsp3) is 0.316. The van der Waals surface area contributed by atoms with E-state index in [1.165, 1.54) is 53.6 Å². The van der Waals surface area contributed by atoms with E-state index in [0.29, 0.717) is 0 Å². The number of carbonyl (C=O) groups excluding carboxylic acids is 1. The Bertz CT molecular complexity index is 946. The van der Waals surface area contributed by atoms with Crippen molar-refractivity contribution in [3.05, 3.63) is 65.2 Å². The molecule has 2 aromatic carbocycles. The topological polar surface area (TPSA) is 57.7 Å². The summed E-state index contributed by atoms with van der Waals surface area (Å²) < 4.78 is 53.2. The van der Waals surface area contributed by atoms with E-state index in [1.807, 2.05) is 0 Å². The van der Waals surface area contributed by atoms with Crippen LogP contribution in [0.1, 0.15) is 29.8 Å². The standard InChI is InChI=1S/C19H22F2N2O3S/c1-13(2)23(4)27(25,26)17-7-5-6-14(10-17)19(24)22(3)12-15-8-9-16(20)11-18(15)21/h5-11,13H,12H2,1-4H3. The molecule has 0 N–H and O–H groups in total. The van der Waals surface area contributed by atoms with Crippen molar-refractivity contribution in [3.8, 4) is 0 Å². The minimum atomic E-state index is -3.73. The Balaban J connectivity index is 2.26. The molecular weight excluding hydrogens is 374 g/mol. The molecule has 0 aliphatic heterocycles. The molecule has 1 amide bonds. The summed E-state index contributed by atoms with van der Waals surface area (Å²) >= 11 is 0. The lowest BCUT2D eigenvalue weighted by Crippen LogP contribution is -2.33. The SMILES string of the molecule is CC(C)N(C)S(=O)(=O)c1cccc(C(=O)N(C)Cc2ccc(F)cc2F)c1. The van der Waals surface area contributed by atoms with Gasteiger partial charge in [-0.25, -0.2) is 17.2 Å². The van der Waals surface area contributed by atoms with Crippen molar-refractivity contribution >= 4 is 15.9 Å². The lowest BCUT2D eigenvalue weighted by Gasteiger charge is -2.22. The highest BCUT2D eigenvalue weighted by Crippen LogP contribution is 2.19. The Morgan fingerprint density at radius 2 is 1.74 bits per heavy atom. The first-order valence-electron chi connectivity index (χ1n) is 8.31. The second-order valence-corrected chi connectivity index (χ2v) is 8.54. The Hall–Kier alpha value is -2.32. The van der Waals surface area contributed by atoms with Gasteiger partial charge in [0.15, 0.2) is 0 Å². The van der Waals surface area contributed by atoms with E-state index >= 15 is 0 Å². The van der Waals surface area contributed by atoms with E-state index in [2.05, 4.69) is 0 Å². The quantitative estimate of drug-likeness (QED) is 0.753. The average molecular weight is 396 g/mol. The summed E-state index contributed by atoms with van der Waals surface area (Å²) in [5, 5.41) is 0.